The van der Waals surface area contributed by atoms with Gasteiger partial charge >= 0.3 is 0 Å². The number of primary amides is 1. The second kappa shape index (κ2) is 9.57. The highest BCUT2D eigenvalue weighted by Gasteiger charge is 2.31. The molecule has 1 unspecified atom stereocenters. The Morgan fingerprint density at radius 2 is 1.86 bits per heavy atom. The van der Waals surface area contributed by atoms with Crippen molar-refractivity contribution in [1.82, 2.24) is 4.90 Å². The van der Waals surface area contributed by atoms with E-state index in [0.29, 0.717) is 11.5 Å². The van der Waals surface area contributed by atoms with Gasteiger partial charge in [-0.15, -0.1) is 0 Å². The lowest BCUT2D eigenvalue weighted by atomic mass is 9.75. The van der Waals surface area contributed by atoms with Gasteiger partial charge in [0.1, 0.15) is 5.92 Å². The van der Waals surface area contributed by atoms with Gasteiger partial charge < -0.3 is 10.6 Å². The molecule has 3 rings (SSSR count). The predicted octanol–water partition coefficient (Wildman–Crippen LogP) is 2.50. The maximum atomic E-state index is 11.4. The molecule has 148 valence electrons. The Kier molecular flexibility index (Phi) is 6.90. The van der Waals surface area contributed by atoms with Gasteiger partial charge in [0, 0.05) is 31.9 Å². The Morgan fingerprint density at radius 1 is 1.14 bits per heavy atom. The number of nitriles is 2. The van der Waals surface area contributed by atoms with Crippen LogP contribution in [0.2, 0.25) is 0 Å². The number of hydrogen-bond acceptors (Lipinski definition) is 5. The first kappa shape index (κ1) is 20.2. The third-order valence-electron chi connectivity index (χ3n) is 6.37. The monoisotopic (exact) mass is 379 g/mol. The Labute approximate surface area is 167 Å². The number of hydrogen-bond donors (Lipinski definition) is 1. The lowest BCUT2D eigenvalue weighted by Crippen LogP contribution is -2.47. The van der Waals surface area contributed by atoms with E-state index in [9.17, 15) is 4.79 Å². The summed E-state index contributed by atoms with van der Waals surface area (Å²) in [7, 11) is 0. The maximum Gasteiger partial charge on any atom is 0.235 e. The second-order valence-electron chi connectivity index (χ2n) is 8.07. The first-order valence-electron chi connectivity index (χ1n) is 10.3. The molecule has 2 fully saturated rings. The molecule has 1 aromatic rings. The topological polar surface area (TPSA) is 97.2 Å². The number of piperazine rings is 1. The van der Waals surface area contributed by atoms with Crippen LogP contribution in [-0.2, 0) is 4.79 Å². The van der Waals surface area contributed by atoms with Gasteiger partial charge in [-0.25, -0.2) is 0 Å². The number of rotatable bonds is 6. The number of nitrogens with zero attached hydrogens (tertiary/aromatic N) is 4. The average molecular weight is 380 g/mol. The fraction of sp³-hybridized carbons (Fsp3) is 0.591. The molecule has 1 atom stereocenters. The molecule has 0 spiro atoms. The first-order chi connectivity index (χ1) is 13.6. The summed E-state index contributed by atoms with van der Waals surface area (Å²) in [5.74, 6) is -0.252. The minimum atomic E-state index is -0.617. The van der Waals surface area contributed by atoms with E-state index in [1.54, 1.807) is 0 Å². The largest absolute Gasteiger partial charge is 0.369 e. The van der Waals surface area contributed by atoms with Gasteiger partial charge in [0.05, 0.1) is 17.7 Å². The standard InChI is InChI=1S/C22H29N5O/c23-15-18-2-1-3-20(14-18)27-12-10-26(11-13-27)9-8-17-4-6-19(7-5-17)21(16-24)22(25)28/h1-3,14,17,19,21H,4-13H2,(H2,25,28). The van der Waals surface area contributed by atoms with E-state index in [1.807, 2.05) is 18.2 Å². The fourth-order valence-electron chi connectivity index (χ4n) is 4.58. The zero-order valence-corrected chi connectivity index (χ0v) is 16.4. The SMILES string of the molecule is N#Cc1cccc(N2CCN(CCC3CCC(C(C#N)C(N)=O)CC3)CC2)c1. The number of benzene rings is 1. The van der Waals surface area contributed by atoms with E-state index >= 15 is 0 Å². The van der Waals surface area contributed by atoms with Crippen LogP contribution in [0.3, 0.4) is 0 Å². The summed E-state index contributed by atoms with van der Waals surface area (Å²) in [6.45, 7) is 5.18. The normalized spacial score (nSPS) is 24.1. The lowest BCUT2D eigenvalue weighted by molar-refractivity contribution is -0.122. The molecule has 1 heterocycles. The quantitative estimate of drug-likeness (QED) is 0.819. The van der Waals surface area contributed by atoms with Crippen LogP contribution in [-0.4, -0.2) is 43.5 Å². The molecule has 1 aromatic carbocycles. The summed E-state index contributed by atoms with van der Waals surface area (Å²) in [5.41, 5.74) is 7.20. The van der Waals surface area contributed by atoms with E-state index in [-0.39, 0.29) is 5.92 Å². The Hall–Kier alpha value is -2.57. The van der Waals surface area contributed by atoms with Gasteiger partial charge in [0.25, 0.3) is 0 Å². The second-order valence-corrected chi connectivity index (χ2v) is 8.07. The van der Waals surface area contributed by atoms with Crippen LogP contribution in [0, 0.1) is 40.4 Å². The third-order valence-corrected chi connectivity index (χ3v) is 6.37. The number of nitrogens with two attached hydrogens (primary N) is 1. The van der Waals surface area contributed by atoms with E-state index in [2.05, 4.69) is 28.0 Å². The molecule has 1 amide bonds. The van der Waals surface area contributed by atoms with Crippen LogP contribution < -0.4 is 10.6 Å². The molecule has 2 N–H and O–H groups in total. The van der Waals surface area contributed by atoms with Gasteiger partial charge in [-0.1, -0.05) is 18.9 Å². The first-order valence-corrected chi connectivity index (χ1v) is 10.3. The molecule has 0 radical (unpaired) electrons. The van der Waals surface area contributed by atoms with Gasteiger partial charge in [0.15, 0.2) is 0 Å². The van der Waals surface area contributed by atoms with E-state index in [0.717, 1.165) is 64.1 Å². The van der Waals surface area contributed by atoms with Crippen LogP contribution in [0.25, 0.3) is 0 Å². The highest BCUT2D eigenvalue weighted by molar-refractivity contribution is 5.79. The number of amides is 1. The summed E-state index contributed by atoms with van der Waals surface area (Å²) >= 11 is 0. The van der Waals surface area contributed by atoms with Crippen molar-refractivity contribution in [3.8, 4) is 12.1 Å². The summed E-state index contributed by atoms with van der Waals surface area (Å²) in [5, 5.41) is 18.2. The highest BCUT2D eigenvalue weighted by Crippen LogP contribution is 2.35. The van der Waals surface area contributed by atoms with E-state index in [1.165, 1.54) is 6.42 Å². The van der Waals surface area contributed by atoms with Gasteiger partial charge in [-0.05, 0) is 55.8 Å². The van der Waals surface area contributed by atoms with Crippen LogP contribution in [0.4, 0.5) is 5.69 Å². The average Bonchev–Trinajstić information content (AvgIpc) is 2.74. The third kappa shape index (κ3) is 5.03. The highest BCUT2D eigenvalue weighted by atomic mass is 16.1. The molecule has 28 heavy (non-hydrogen) atoms. The summed E-state index contributed by atoms with van der Waals surface area (Å²) in [4.78, 5) is 16.3. The van der Waals surface area contributed by atoms with Gasteiger partial charge in [-0.3, -0.25) is 9.69 Å². The molecule has 1 saturated carbocycles. The molecular formula is C22H29N5O. The Morgan fingerprint density at radius 3 is 2.46 bits per heavy atom. The minimum Gasteiger partial charge on any atom is -0.369 e. The number of carbonyl (C=O) groups is 1. The summed E-state index contributed by atoms with van der Waals surface area (Å²) in [6, 6.07) is 12.1. The van der Waals surface area contributed by atoms with Gasteiger partial charge in [-0.2, -0.15) is 10.5 Å². The molecule has 6 nitrogen and oxygen atoms in total. The van der Waals surface area contributed by atoms with Crippen molar-refractivity contribution in [3.63, 3.8) is 0 Å². The molecule has 1 aliphatic heterocycles. The van der Waals surface area contributed by atoms with Crippen molar-refractivity contribution in [2.45, 2.75) is 32.1 Å². The van der Waals surface area contributed by atoms with Crippen molar-refractivity contribution in [1.29, 1.82) is 10.5 Å². The van der Waals surface area contributed by atoms with Crippen LogP contribution in [0.1, 0.15) is 37.7 Å². The smallest absolute Gasteiger partial charge is 0.235 e. The fourth-order valence-corrected chi connectivity index (χ4v) is 4.58. The van der Waals surface area contributed by atoms with E-state index in [4.69, 9.17) is 16.3 Å². The van der Waals surface area contributed by atoms with Crippen molar-refractivity contribution < 1.29 is 4.79 Å². The Balaban J connectivity index is 1.39. The number of carbonyl (C=O) groups excluding carboxylic acids is 1. The molecule has 2 aliphatic rings. The molecule has 6 heteroatoms. The summed E-state index contributed by atoms with van der Waals surface area (Å²) in [6.07, 6.45) is 5.25. The van der Waals surface area contributed by atoms with Crippen LogP contribution in [0.5, 0.6) is 0 Å². The van der Waals surface area contributed by atoms with Crippen molar-refractivity contribution in [2.24, 2.45) is 23.5 Å². The van der Waals surface area contributed by atoms with Gasteiger partial charge in [0.2, 0.25) is 5.91 Å². The predicted molar refractivity (Wildman–Crippen MR) is 108 cm³/mol. The molecule has 0 bridgehead atoms. The molecule has 0 aromatic heterocycles. The molecule has 1 aliphatic carbocycles. The molecular weight excluding hydrogens is 350 g/mol. The van der Waals surface area contributed by atoms with Crippen LogP contribution in [0.15, 0.2) is 24.3 Å². The number of anilines is 1. The Bertz CT molecular complexity index is 749. The van der Waals surface area contributed by atoms with E-state index < -0.39 is 11.8 Å². The minimum absolute atomic E-state index is 0.145. The zero-order valence-electron chi connectivity index (χ0n) is 16.4. The maximum absolute atomic E-state index is 11.4. The molecule has 1 saturated heterocycles. The van der Waals surface area contributed by atoms with Crippen molar-refractivity contribution >= 4 is 11.6 Å². The van der Waals surface area contributed by atoms with Crippen molar-refractivity contribution in [3.05, 3.63) is 29.8 Å². The zero-order chi connectivity index (χ0) is 19.9. The lowest BCUT2D eigenvalue weighted by Gasteiger charge is -2.37. The summed E-state index contributed by atoms with van der Waals surface area (Å²) < 4.78 is 0. The van der Waals surface area contributed by atoms with Crippen molar-refractivity contribution in [2.75, 3.05) is 37.6 Å². The van der Waals surface area contributed by atoms with Crippen LogP contribution >= 0.6 is 0 Å².